The molecule has 0 bridgehead atoms. The predicted octanol–water partition coefficient (Wildman–Crippen LogP) is 3.35. The second kappa shape index (κ2) is 5.67. The molecule has 4 heteroatoms. The summed E-state index contributed by atoms with van der Waals surface area (Å²) in [4.78, 5) is 4.15. The van der Waals surface area contributed by atoms with Gasteiger partial charge in [0.15, 0.2) is 0 Å². The van der Waals surface area contributed by atoms with E-state index in [1.54, 1.807) is 13.0 Å². The van der Waals surface area contributed by atoms with Crippen LogP contribution in [0.25, 0.3) is 0 Å². The standard InChI is InChI=1S/C14H18FN3/c1-3-6-18-10-16-8-13(18)9-17-12-4-5-14(15)11(2)7-12/h4-5,7-8,10,17H,3,6,9H2,1-2H3. The third-order valence-corrected chi connectivity index (χ3v) is 2.89. The Bertz CT molecular complexity index is 520. The smallest absolute Gasteiger partial charge is 0.126 e. The second-order valence-electron chi connectivity index (χ2n) is 4.40. The summed E-state index contributed by atoms with van der Waals surface area (Å²) in [5.41, 5.74) is 2.72. The molecule has 0 aliphatic heterocycles. The molecule has 3 nitrogen and oxygen atoms in total. The fraction of sp³-hybridized carbons (Fsp3) is 0.357. The van der Waals surface area contributed by atoms with E-state index >= 15 is 0 Å². The highest BCUT2D eigenvalue weighted by atomic mass is 19.1. The molecule has 0 spiro atoms. The Morgan fingerprint density at radius 1 is 1.39 bits per heavy atom. The molecule has 2 aromatic rings. The molecule has 0 radical (unpaired) electrons. The van der Waals surface area contributed by atoms with E-state index in [4.69, 9.17) is 0 Å². The van der Waals surface area contributed by atoms with Crippen LogP contribution in [0.3, 0.4) is 0 Å². The van der Waals surface area contributed by atoms with Crippen LogP contribution in [-0.4, -0.2) is 9.55 Å². The fourth-order valence-electron chi connectivity index (χ4n) is 1.88. The van der Waals surface area contributed by atoms with Crippen molar-refractivity contribution in [3.8, 4) is 0 Å². The van der Waals surface area contributed by atoms with E-state index in [0.717, 1.165) is 24.3 Å². The highest BCUT2D eigenvalue weighted by Crippen LogP contribution is 2.14. The quantitative estimate of drug-likeness (QED) is 0.878. The van der Waals surface area contributed by atoms with Crippen LogP contribution in [0.1, 0.15) is 24.6 Å². The van der Waals surface area contributed by atoms with Gasteiger partial charge < -0.3 is 9.88 Å². The minimum absolute atomic E-state index is 0.170. The van der Waals surface area contributed by atoms with Crippen LogP contribution in [0.4, 0.5) is 10.1 Å². The van der Waals surface area contributed by atoms with E-state index < -0.39 is 0 Å². The average Bonchev–Trinajstić information content (AvgIpc) is 2.79. The molecule has 96 valence electrons. The number of aryl methyl sites for hydroxylation is 2. The van der Waals surface area contributed by atoms with Crippen molar-refractivity contribution in [2.24, 2.45) is 0 Å². The maximum atomic E-state index is 13.1. The number of anilines is 1. The molecule has 0 saturated heterocycles. The molecule has 1 heterocycles. The Morgan fingerprint density at radius 3 is 2.94 bits per heavy atom. The molecule has 18 heavy (non-hydrogen) atoms. The van der Waals surface area contributed by atoms with Gasteiger partial charge in [0.05, 0.1) is 18.6 Å². The lowest BCUT2D eigenvalue weighted by Gasteiger charge is -2.10. The molecule has 0 atom stereocenters. The lowest BCUT2D eigenvalue weighted by atomic mass is 10.2. The summed E-state index contributed by atoms with van der Waals surface area (Å²) < 4.78 is 15.3. The minimum atomic E-state index is -0.170. The van der Waals surface area contributed by atoms with Crippen molar-refractivity contribution < 1.29 is 4.39 Å². The Labute approximate surface area is 107 Å². The summed E-state index contributed by atoms with van der Waals surface area (Å²) in [6, 6.07) is 5.06. The van der Waals surface area contributed by atoms with Crippen LogP contribution >= 0.6 is 0 Å². The number of halogens is 1. The first-order chi connectivity index (χ1) is 8.70. The van der Waals surface area contributed by atoms with Crippen molar-refractivity contribution in [1.82, 2.24) is 9.55 Å². The summed E-state index contributed by atoms with van der Waals surface area (Å²) in [7, 11) is 0. The van der Waals surface area contributed by atoms with Crippen molar-refractivity contribution in [3.05, 3.63) is 47.8 Å². The van der Waals surface area contributed by atoms with Gasteiger partial charge >= 0.3 is 0 Å². The Kier molecular flexibility index (Phi) is 3.97. The molecule has 0 amide bonds. The van der Waals surface area contributed by atoms with Crippen molar-refractivity contribution in [2.45, 2.75) is 33.4 Å². The van der Waals surface area contributed by atoms with Gasteiger partial charge in [0.2, 0.25) is 0 Å². The normalized spacial score (nSPS) is 10.6. The number of benzene rings is 1. The average molecular weight is 247 g/mol. The molecule has 0 aliphatic carbocycles. The van der Waals surface area contributed by atoms with E-state index in [1.165, 1.54) is 6.07 Å². The van der Waals surface area contributed by atoms with Crippen molar-refractivity contribution in [2.75, 3.05) is 5.32 Å². The predicted molar refractivity (Wildman–Crippen MR) is 71.0 cm³/mol. The van der Waals surface area contributed by atoms with E-state index in [9.17, 15) is 4.39 Å². The van der Waals surface area contributed by atoms with Gasteiger partial charge in [-0.2, -0.15) is 0 Å². The van der Waals surface area contributed by atoms with E-state index in [0.29, 0.717) is 12.1 Å². The lowest BCUT2D eigenvalue weighted by molar-refractivity contribution is 0.618. The second-order valence-corrected chi connectivity index (χ2v) is 4.40. The fourth-order valence-corrected chi connectivity index (χ4v) is 1.88. The van der Waals surface area contributed by atoms with Gasteiger partial charge in [-0.3, -0.25) is 0 Å². The lowest BCUT2D eigenvalue weighted by Crippen LogP contribution is -2.07. The van der Waals surface area contributed by atoms with Gasteiger partial charge in [0.25, 0.3) is 0 Å². The number of hydrogen-bond acceptors (Lipinski definition) is 2. The first kappa shape index (κ1) is 12.6. The van der Waals surface area contributed by atoms with Crippen molar-refractivity contribution in [3.63, 3.8) is 0 Å². The Morgan fingerprint density at radius 2 is 2.22 bits per heavy atom. The molecule has 2 rings (SSSR count). The van der Waals surface area contributed by atoms with Crippen LogP contribution < -0.4 is 5.32 Å². The molecule has 0 saturated carbocycles. The zero-order valence-corrected chi connectivity index (χ0v) is 10.8. The van der Waals surface area contributed by atoms with Crippen molar-refractivity contribution in [1.29, 1.82) is 0 Å². The third kappa shape index (κ3) is 2.88. The minimum Gasteiger partial charge on any atom is -0.379 e. The van der Waals surface area contributed by atoms with Gasteiger partial charge in [-0.1, -0.05) is 6.92 Å². The number of nitrogens with one attached hydrogen (secondary N) is 1. The number of rotatable bonds is 5. The van der Waals surface area contributed by atoms with Gasteiger partial charge in [0.1, 0.15) is 5.82 Å². The monoisotopic (exact) mass is 247 g/mol. The number of nitrogens with zero attached hydrogens (tertiary/aromatic N) is 2. The molecule has 1 N–H and O–H groups in total. The molecule has 0 fully saturated rings. The Hall–Kier alpha value is -1.84. The summed E-state index contributed by atoms with van der Waals surface area (Å²) in [5.74, 6) is -0.170. The molecular weight excluding hydrogens is 229 g/mol. The number of aromatic nitrogens is 2. The topological polar surface area (TPSA) is 29.9 Å². The SMILES string of the molecule is CCCn1cncc1CNc1ccc(F)c(C)c1. The third-order valence-electron chi connectivity index (χ3n) is 2.89. The molecule has 0 unspecified atom stereocenters. The number of hydrogen-bond donors (Lipinski definition) is 1. The molecule has 1 aromatic carbocycles. The summed E-state index contributed by atoms with van der Waals surface area (Å²) >= 11 is 0. The largest absolute Gasteiger partial charge is 0.379 e. The van der Waals surface area contributed by atoms with Crippen LogP contribution in [-0.2, 0) is 13.1 Å². The zero-order valence-electron chi connectivity index (χ0n) is 10.8. The summed E-state index contributed by atoms with van der Waals surface area (Å²) in [6.07, 6.45) is 4.79. The summed E-state index contributed by atoms with van der Waals surface area (Å²) in [6.45, 7) is 5.58. The van der Waals surface area contributed by atoms with Gasteiger partial charge in [-0.15, -0.1) is 0 Å². The van der Waals surface area contributed by atoms with Gasteiger partial charge in [-0.05, 0) is 37.1 Å². The van der Waals surface area contributed by atoms with E-state index in [2.05, 4.69) is 21.8 Å². The van der Waals surface area contributed by atoms with Crippen molar-refractivity contribution >= 4 is 5.69 Å². The first-order valence-electron chi connectivity index (χ1n) is 6.19. The maximum absolute atomic E-state index is 13.1. The Balaban J connectivity index is 2.02. The number of imidazole rings is 1. The maximum Gasteiger partial charge on any atom is 0.126 e. The molecule has 0 aliphatic rings. The molecule has 1 aromatic heterocycles. The van der Waals surface area contributed by atoms with Crippen LogP contribution in [0, 0.1) is 12.7 Å². The van der Waals surface area contributed by atoms with Crippen LogP contribution in [0.15, 0.2) is 30.7 Å². The first-order valence-corrected chi connectivity index (χ1v) is 6.19. The van der Waals surface area contributed by atoms with Crippen LogP contribution in [0.5, 0.6) is 0 Å². The highest BCUT2D eigenvalue weighted by Gasteiger charge is 2.02. The van der Waals surface area contributed by atoms with Gasteiger partial charge in [-0.25, -0.2) is 9.37 Å². The highest BCUT2D eigenvalue weighted by molar-refractivity contribution is 5.46. The zero-order chi connectivity index (χ0) is 13.0. The summed E-state index contributed by atoms with van der Waals surface area (Å²) in [5, 5.41) is 3.29. The molecular formula is C14H18FN3. The van der Waals surface area contributed by atoms with Gasteiger partial charge in [0, 0.05) is 18.4 Å². The van der Waals surface area contributed by atoms with E-state index in [1.807, 2.05) is 18.6 Å². The van der Waals surface area contributed by atoms with E-state index in [-0.39, 0.29) is 5.82 Å². The van der Waals surface area contributed by atoms with Crippen LogP contribution in [0.2, 0.25) is 0 Å².